The second-order valence-electron chi connectivity index (χ2n) is 5.09. The lowest BCUT2D eigenvalue weighted by Crippen LogP contribution is -2.58. The second kappa shape index (κ2) is 7.08. The van der Waals surface area contributed by atoms with E-state index < -0.39 is 0 Å². The summed E-state index contributed by atoms with van der Waals surface area (Å²) in [5, 5.41) is 3.72. The molecule has 0 radical (unpaired) electrons. The van der Waals surface area contributed by atoms with Crippen molar-refractivity contribution in [2.24, 2.45) is 5.92 Å². The average molecular weight is 224 g/mol. The van der Waals surface area contributed by atoms with Crippen molar-refractivity contribution in [2.45, 2.75) is 52.1 Å². The predicted octanol–water partition coefficient (Wildman–Crippen LogP) is 2.66. The molecule has 1 aliphatic rings. The zero-order chi connectivity index (χ0) is 12.0. The summed E-state index contributed by atoms with van der Waals surface area (Å²) in [6.07, 6.45) is 5.88. The highest BCUT2D eigenvalue weighted by Crippen LogP contribution is 2.17. The van der Waals surface area contributed by atoms with E-state index in [2.05, 4.69) is 37.6 Å². The van der Waals surface area contributed by atoms with Gasteiger partial charge in [-0.15, -0.1) is 6.58 Å². The van der Waals surface area contributed by atoms with E-state index in [0.29, 0.717) is 12.1 Å². The maximum atomic E-state index is 3.88. The fraction of sp³-hybridized carbons (Fsp3) is 0.857. The van der Waals surface area contributed by atoms with Gasteiger partial charge in [0.25, 0.3) is 0 Å². The topological polar surface area (TPSA) is 15.3 Å². The lowest BCUT2D eigenvalue weighted by atomic mass is 9.94. The van der Waals surface area contributed by atoms with Crippen LogP contribution in [0.25, 0.3) is 0 Å². The van der Waals surface area contributed by atoms with E-state index in [1.54, 1.807) is 0 Å². The predicted molar refractivity (Wildman–Crippen MR) is 71.7 cm³/mol. The van der Waals surface area contributed by atoms with Crippen molar-refractivity contribution in [1.82, 2.24) is 10.2 Å². The summed E-state index contributed by atoms with van der Waals surface area (Å²) in [6.45, 7) is 14.2. The van der Waals surface area contributed by atoms with Gasteiger partial charge in [0.1, 0.15) is 0 Å². The summed E-state index contributed by atoms with van der Waals surface area (Å²) in [5.41, 5.74) is 0. The molecule has 0 aliphatic carbocycles. The van der Waals surface area contributed by atoms with Crippen LogP contribution in [0, 0.1) is 5.92 Å². The van der Waals surface area contributed by atoms with E-state index in [1.807, 2.05) is 6.08 Å². The normalized spacial score (nSPS) is 28.9. The Bertz CT molecular complexity index is 203. The number of hydrogen-bond donors (Lipinski definition) is 1. The molecule has 1 saturated heterocycles. The summed E-state index contributed by atoms with van der Waals surface area (Å²) in [6, 6.07) is 1.38. The fourth-order valence-corrected chi connectivity index (χ4v) is 2.56. The lowest BCUT2D eigenvalue weighted by Gasteiger charge is -2.42. The van der Waals surface area contributed by atoms with Crippen molar-refractivity contribution >= 4 is 0 Å². The molecule has 16 heavy (non-hydrogen) atoms. The summed E-state index contributed by atoms with van der Waals surface area (Å²) in [5.74, 6) is 0.773. The van der Waals surface area contributed by atoms with Gasteiger partial charge in [0.05, 0.1) is 0 Å². The molecule has 3 atom stereocenters. The van der Waals surface area contributed by atoms with Crippen molar-refractivity contribution in [3.8, 4) is 0 Å². The molecule has 2 heteroatoms. The molecule has 2 nitrogen and oxygen atoms in total. The molecule has 0 aromatic carbocycles. The van der Waals surface area contributed by atoms with Gasteiger partial charge < -0.3 is 5.32 Å². The fourth-order valence-electron chi connectivity index (χ4n) is 2.56. The highest BCUT2D eigenvalue weighted by Gasteiger charge is 2.28. The zero-order valence-corrected chi connectivity index (χ0v) is 11.2. The van der Waals surface area contributed by atoms with Gasteiger partial charge in [-0.2, -0.15) is 0 Å². The molecular weight excluding hydrogens is 196 g/mol. The molecule has 0 spiro atoms. The van der Waals surface area contributed by atoms with Crippen LogP contribution in [0.15, 0.2) is 12.7 Å². The molecule has 1 N–H and O–H groups in total. The van der Waals surface area contributed by atoms with Gasteiger partial charge in [-0.3, -0.25) is 4.90 Å². The Morgan fingerprint density at radius 2 is 2.25 bits per heavy atom. The van der Waals surface area contributed by atoms with E-state index in [0.717, 1.165) is 19.0 Å². The molecule has 1 heterocycles. The highest BCUT2D eigenvalue weighted by atomic mass is 15.2. The van der Waals surface area contributed by atoms with Gasteiger partial charge in [-0.05, 0) is 12.3 Å². The molecule has 94 valence electrons. The molecule has 0 bridgehead atoms. The van der Waals surface area contributed by atoms with Gasteiger partial charge in [-0.25, -0.2) is 0 Å². The van der Waals surface area contributed by atoms with Crippen LogP contribution < -0.4 is 5.32 Å². The third kappa shape index (κ3) is 3.60. The van der Waals surface area contributed by atoms with E-state index in [1.165, 1.54) is 25.8 Å². The lowest BCUT2D eigenvalue weighted by molar-refractivity contribution is 0.115. The summed E-state index contributed by atoms with van der Waals surface area (Å²) >= 11 is 0. The van der Waals surface area contributed by atoms with Crippen molar-refractivity contribution in [1.29, 1.82) is 0 Å². The van der Waals surface area contributed by atoms with Gasteiger partial charge >= 0.3 is 0 Å². The molecule has 0 aromatic heterocycles. The molecule has 1 fully saturated rings. The third-order valence-corrected chi connectivity index (χ3v) is 3.88. The summed E-state index contributed by atoms with van der Waals surface area (Å²) in [7, 11) is 0. The number of nitrogens with zero attached hydrogens (tertiary/aromatic N) is 1. The maximum absolute atomic E-state index is 3.88. The van der Waals surface area contributed by atoms with E-state index in [-0.39, 0.29) is 0 Å². The monoisotopic (exact) mass is 224 g/mol. The SMILES string of the molecule is C=CCN1CC(C(C)CC)NCC1CCC. The van der Waals surface area contributed by atoms with Gasteiger partial charge in [0, 0.05) is 31.7 Å². The minimum Gasteiger partial charge on any atom is -0.311 e. The average Bonchev–Trinajstić information content (AvgIpc) is 2.31. The van der Waals surface area contributed by atoms with Gasteiger partial charge in [-0.1, -0.05) is 39.7 Å². The standard InChI is InChI=1S/C14H28N2/c1-5-8-13-10-15-14(12(4)7-3)11-16(13)9-6-2/h6,12-15H,2,5,7-11H2,1,3-4H3. The van der Waals surface area contributed by atoms with Crippen LogP contribution in [0.4, 0.5) is 0 Å². The smallest absolute Gasteiger partial charge is 0.0224 e. The van der Waals surface area contributed by atoms with Crippen LogP contribution >= 0.6 is 0 Å². The summed E-state index contributed by atoms with van der Waals surface area (Å²) < 4.78 is 0. The van der Waals surface area contributed by atoms with Crippen LogP contribution in [0.5, 0.6) is 0 Å². The number of piperazine rings is 1. The summed E-state index contributed by atoms with van der Waals surface area (Å²) in [4.78, 5) is 2.60. The van der Waals surface area contributed by atoms with E-state index >= 15 is 0 Å². The Morgan fingerprint density at radius 3 is 2.81 bits per heavy atom. The van der Waals surface area contributed by atoms with Crippen LogP contribution in [-0.4, -0.2) is 36.6 Å². The molecule has 1 rings (SSSR count). The molecule has 0 amide bonds. The van der Waals surface area contributed by atoms with Crippen LogP contribution in [0.3, 0.4) is 0 Å². The minimum absolute atomic E-state index is 0.665. The van der Waals surface area contributed by atoms with Crippen molar-refractivity contribution in [3.05, 3.63) is 12.7 Å². The Hall–Kier alpha value is -0.340. The number of rotatable bonds is 6. The van der Waals surface area contributed by atoms with Crippen LogP contribution in [0.1, 0.15) is 40.0 Å². The maximum Gasteiger partial charge on any atom is 0.0224 e. The Kier molecular flexibility index (Phi) is 6.07. The largest absolute Gasteiger partial charge is 0.311 e. The quantitative estimate of drug-likeness (QED) is 0.698. The van der Waals surface area contributed by atoms with Crippen molar-refractivity contribution < 1.29 is 0 Å². The van der Waals surface area contributed by atoms with Gasteiger partial charge in [0.15, 0.2) is 0 Å². The van der Waals surface area contributed by atoms with Gasteiger partial charge in [0.2, 0.25) is 0 Å². The number of hydrogen-bond acceptors (Lipinski definition) is 2. The number of nitrogens with one attached hydrogen (secondary N) is 1. The second-order valence-corrected chi connectivity index (χ2v) is 5.09. The van der Waals surface area contributed by atoms with Crippen molar-refractivity contribution in [2.75, 3.05) is 19.6 Å². The van der Waals surface area contributed by atoms with Crippen molar-refractivity contribution in [3.63, 3.8) is 0 Å². The highest BCUT2D eigenvalue weighted by molar-refractivity contribution is 4.90. The Balaban J connectivity index is 2.53. The first kappa shape index (κ1) is 13.7. The first-order chi connectivity index (χ1) is 7.72. The molecule has 3 unspecified atom stereocenters. The first-order valence-corrected chi connectivity index (χ1v) is 6.81. The Morgan fingerprint density at radius 1 is 1.50 bits per heavy atom. The zero-order valence-electron chi connectivity index (χ0n) is 11.2. The van der Waals surface area contributed by atoms with Crippen LogP contribution in [-0.2, 0) is 0 Å². The minimum atomic E-state index is 0.665. The molecule has 0 aromatic rings. The van der Waals surface area contributed by atoms with E-state index in [9.17, 15) is 0 Å². The molecular formula is C14H28N2. The third-order valence-electron chi connectivity index (χ3n) is 3.88. The molecule has 0 saturated carbocycles. The Labute approximate surface area is 101 Å². The molecule has 1 aliphatic heterocycles. The van der Waals surface area contributed by atoms with Crippen LogP contribution in [0.2, 0.25) is 0 Å². The van der Waals surface area contributed by atoms with E-state index in [4.69, 9.17) is 0 Å². The first-order valence-electron chi connectivity index (χ1n) is 6.81.